The van der Waals surface area contributed by atoms with Gasteiger partial charge in [-0.1, -0.05) is 24.3 Å². The van der Waals surface area contributed by atoms with Crippen molar-refractivity contribution in [3.05, 3.63) is 59.4 Å². The number of amides is 2. The molecular formula is C24H27N3O5. The van der Waals surface area contributed by atoms with Crippen molar-refractivity contribution in [1.29, 1.82) is 0 Å². The van der Waals surface area contributed by atoms with E-state index in [1.807, 2.05) is 12.1 Å². The SMILES string of the molecule is O=C1CCC(CC(=O)c2cc(OCc3ccc(CN4CCOCC4)cc3)ccn2)C(=O)N1. The van der Waals surface area contributed by atoms with E-state index < -0.39 is 5.92 Å². The number of ketones is 1. The second-order valence-corrected chi connectivity index (χ2v) is 8.15. The van der Waals surface area contributed by atoms with Gasteiger partial charge in [-0.25, -0.2) is 0 Å². The molecular weight excluding hydrogens is 410 g/mol. The largest absolute Gasteiger partial charge is 0.489 e. The lowest BCUT2D eigenvalue weighted by atomic mass is 9.92. The molecule has 1 atom stereocenters. The van der Waals surface area contributed by atoms with Crippen molar-refractivity contribution >= 4 is 17.6 Å². The number of piperidine rings is 1. The number of carbonyl (C=O) groups is 3. The predicted octanol–water partition coefficient (Wildman–Crippen LogP) is 2.12. The summed E-state index contributed by atoms with van der Waals surface area (Å²) in [7, 11) is 0. The standard InChI is InChI=1S/C24H27N3O5/c28-22(13-19-5-6-23(29)26-24(19)30)21-14-20(7-8-25-21)32-16-18-3-1-17(2-4-18)15-27-9-11-31-12-10-27/h1-4,7-8,14,19H,5-6,9-13,15-16H2,(H,26,29,30). The molecule has 3 heterocycles. The average molecular weight is 437 g/mol. The molecule has 32 heavy (non-hydrogen) atoms. The first-order valence-corrected chi connectivity index (χ1v) is 10.9. The van der Waals surface area contributed by atoms with Crippen molar-refractivity contribution in [3.63, 3.8) is 0 Å². The van der Waals surface area contributed by atoms with Crippen LogP contribution < -0.4 is 10.1 Å². The van der Waals surface area contributed by atoms with Crippen LogP contribution in [0.15, 0.2) is 42.6 Å². The number of nitrogens with one attached hydrogen (secondary N) is 1. The molecule has 1 aromatic heterocycles. The molecule has 0 radical (unpaired) electrons. The molecule has 2 amide bonds. The number of carbonyl (C=O) groups excluding carboxylic acids is 3. The van der Waals surface area contributed by atoms with Crippen LogP contribution in [-0.2, 0) is 27.5 Å². The smallest absolute Gasteiger partial charge is 0.230 e. The van der Waals surface area contributed by atoms with Crippen molar-refractivity contribution in [2.75, 3.05) is 26.3 Å². The number of nitrogens with zero attached hydrogens (tertiary/aromatic N) is 2. The Morgan fingerprint density at radius 2 is 1.88 bits per heavy atom. The third kappa shape index (κ3) is 5.99. The fourth-order valence-electron chi connectivity index (χ4n) is 3.84. The number of ether oxygens (including phenoxy) is 2. The molecule has 1 aromatic carbocycles. The minimum Gasteiger partial charge on any atom is -0.489 e. The van der Waals surface area contributed by atoms with E-state index in [-0.39, 0.29) is 36.1 Å². The van der Waals surface area contributed by atoms with Crippen LogP contribution in [0.2, 0.25) is 0 Å². The fourth-order valence-corrected chi connectivity index (χ4v) is 3.84. The molecule has 2 saturated heterocycles. The van der Waals surface area contributed by atoms with Gasteiger partial charge in [-0.3, -0.25) is 29.6 Å². The summed E-state index contributed by atoms with van der Waals surface area (Å²) in [4.78, 5) is 42.2. The summed E-state index contributed by atoms with van der Waals surface area (Å²) >= 11 is 0. The van der Waals surface area contributed by atoms with Gasteiger partial charge in [0.25, 0.3) is 0 Å². The van der Waals surface area contributed by atoms with Gasteiger partial charge in [-0.05, 0) is 23.6 Å². The Labute approximate surface area is 186 Å². The van der Waals surface area contributed by atoms with E-state index in [0.717, 1.165) is 38.4 Å². The molecule has 8 heteroatoms. The lowest BCUT2D eigenvalue weighted by Crippen LogP contribution is -2.41. The maximum atomic E-state index is 12.6. The van der Waals surface area contributed by atoms with Crippen LogP contribution in [0, 0.1) is 5.92 Å². The molecule has 0 spiro atoms. The summed E-state index contributed by atoms with van der Waals surface area (Å²) in [6, 6.07) is 11.6. The van der Waals surface area contributed by atoms with Gasteiger partial charge >= 0.3 is 0 Å². The van der Waals surface area contributed by atoms with Gasteiger partial charge in [0.15, 0.2) is 5.78 Å². The van der Waals surface area contributed by atoms with Crippen LogP contribution in [0.4, 0.5) is 0 Å². The maximum absolute atomic E-state index is 12.6. The number of imide groups is 1. The normalized spacial score (nSPS) is 19.4. The molecule has 0 bridgehead atoms. The van der Waals surface area contributed by atoms with Crippen LogP contribution in [-0.4, -0.2) is 53.8 Å². The zero-order valence-electron chi connectivity index (χ0n) is 17.9. The van der Waals surface area contributed by atoms with E-state index in [1.54, 1.807) is 12.1 Å². The molecule has 8 nitrogen and oxygen atoms in total. The van der Waals surface area contributed by atoms with Crippen molar-refractivity contribution in [2.24, 2.45) is 5.92 Å². The number of aromatic nitrogens is 1. The van der Waals surface area contributed by atoms with Gasteiger partial charge in [0.1, 0.15) is 18.1 Å². The van der Waals surface area contributed by atoms with Gasteiger partial charge in [0.05, 0.1) is 13.2 Å². The predicted molar refractivity (Wildman–Crippen MR) is 116 cm³/mol. The number of hydrogen-bond donors (Lipinski definition) is 1. The van der Waals surface area contributed by atoms with Crippen LogP contribution in [0.5, 0.6) is 5.75 Å². The minimum atomic E-state index is -0.498. The first kappa shape index (κ1) is 22.1. The van der Waals surface area contributed by atoms with E-state index in [9.17, 15) is 14.4 Å². The van der Waals surface area contributed by atoms with Crippen LogP contribution in [0.1, 0.15) is 40.9 Å². The summed E-state index contributed by atoms with van der Waals surface area (Å²) < 4.78 is 11.2. The number of pyridine rings is 1. The molecule has 1 N–H and O–H groups in total. The molecule has 1 unspecified atom stereocenters. The highest BCUT2D eigenvalue weighted by atomic mass is 16.5. The molecule has 4 rings (SSSR count). The molecule has 2 aliphatic heterocycles. The Bertz CT molecular complexity index is 970. The summed E-state index contributed by atoms with van der Waals surface area (Å²) in [6.45, 7) is 4.77. The molecule has 2 aromatic rings. The fraction of sp³-hybridized carbons (Fsp3) is 0.417. The number of rotatable bonds is 8. The Balaban J connectivity index is 1.29. The highest BCUT2D eigenvalue weighted by Crippen LogP contribution is 2.20. The number of benzene rings is 1. The highest BCUT2D eigenvalue weighted by molar-refractivity contribution is 6.02. The number of morpholine rings is 1. The van der Waals surface area contributed by atoms with E-state index in [0.29, 0.717) is 18.8 Å². The zero-order chi connectivity index (χ0) is 22.3. The first-order chi connectivity index (χ1) is 15.6. The summed E-state index contributed by atoms with van der Waals surface area (Å²) in [5.74, 6) is -0.871. The van der Waals surface area contributed by atoms with Crippen LogP contribution in [0.25, 0.3) is 0 Å². The van der Waals surface area contributed by atoms with Gasteiger partial charge in [0.2, 0.25) is 11.8 Å². The molecule has 0 aliphatic carbocycles. The van der Waals surface area contributed by atoms with Gasteiger partial charge in [-0.15, -0.1) is 0 Å². The summed E-state index contributed by atoms with van der Waals surface area (Å²) in [5.41, 5.74) is 2.54. The Morgan fingerprint density at radius 1 is 1.12 bits per heavy atom. The van der Waals surface area contributed by atoms with Gasteiger partial charge < -0.3 is 9.47 Å². The maximum Gasteiger partial charge on any atom is 0.230 e. The third-order valence-corrected chi connectivity index (χ3v) is 5.74. The van der Waals surface area contributed by atoms with Gasteiger partial charge in [-0.2, -0.15) is 0 Å². The Morgan fingerprint density at radius 3 is 2.62 bits per heavy atom. The van der Waals surface area contributed by atoms with Crippen molar-refractivity contribution < 1.29 is 23.9 Å². The van der Waals surface area contributed by atoms with E-state index >= 15 is 0 Å². The minimum absolute atomic E-state index is 0.0279. The third-order valence-electron chi connectivity index (χ3n) is 5.74. The van der Waals surface area contributed by atoms with E-state index in [4.69, 9.17) is 9.47 Å². The highest BCUT2D eigenvalue weighted by Gasteiger charge is 2.29. The molecule has 2 fully saturated rings. The summed E-state index contributed by atoms with van der Waals surface area (Å²) in [5, 5.41) is 2.28. The van der Waals surface area contributed by atoms with E-state index in [1.165, 1.54) is 11.8 Å². The Kier molecular flexibility index (Phi) is 7.24. The van der Waals surface area contributed by atoms with Crippen LogP contribution >= 0.6 is 0 Å². The second kappa shape index (κ2) is 10.5. The van der Waals surface area contributed by atoms with Gasteiger partial charge in [0, 0.05) is 50.7 Å². The lowest BCUT2D eigenvalue weighted by Gasteiger charge is -2.26. The topological polar surface area (TPSA) is 97.8 Å². The molecule has 0 saturated carbocycles. The van der Waals surface area contributed by atoms with Crippen LogP contribution in [0.3, 0.4) is 0 Å². The molecule has 168 valence electrons. The number of Topliss-reactive ketones (excluding diaryl/α,β-unsaturated/α-hetero) is 1. The quantitative estimate of drug-likeness (QED) is 0.499. The monoisotopic (exact) mass is 437 g/mol. The number of hydrogen-bond acceptors (Lipinski definition) is 7. The van der Waals surface area contributed by atoms with Crippen molar-refractivity contribution in [2.45, 2.75) is 32.4 Å². The first-order valence-electron chi connectivity index (χ1n) is 10.9. The lowest BCUT2D eigenvalue weighted by molar-refractivity contribution is -0.136. The molecule has 2 aliphatic rings. The second-order valence-electron chi connectivity index (χ2n) is 8.15. The summed E-state index contributed by atoms with van der Waals surface area (Å²) in [6.07, 6.45) is 2.19. The Hall–Kier alpha value is -3.10. The average Bonchev–Trinajstić information content (AvgIpc) is 2.81. The van der Waals surface area contributed by atoms with Crippen molar-refractivity contribution in [3.8, 4) is 5.75 Å². The van der Waals surface area contributed by atoms with E-state index in [2.05, 4.69) is 27.3 Å². The zero-order valence-corrected chi connectivity index (χ0v) is 17.9. The van der Waals surface area contributed by atoms with Crippen molar-refractivity contribution in [1.82, 2.24) is 15.2 Å².